The molecule has 1 aliphatic heterocycles. The molecule has 0 amide bonds. The lowest BCUT2D eigenvalue weighted by atomic mass is 10.2. The van der Waals surface area contributed by atoms with Gasteiger partial charge in [-0.2, -0.15) is 0 Å². The van der Waals surface area contributed by atoms with E-state index in [1.165, 1.54) is 0 Å². The Morgan fingerprint density at radius 2 is 2.17 bits per heavy atom. The first kappa shape index (κ1) is 13.5. The van der Waals surface area contributed by atoms with Gasteiger partial charge in [0.25, 0.3) is 0 Å². The molecule has 4 nitrogen and oxygen atoms in total. The van der Waals surface area contributed by atoms with Crippen LogP contribution in [0.4, 0.5) is 0 Å². The van der Waals surface area contributed by atoms with E-state index in [1.807, 2.05) is 18.3 Å². The molecule has 1 atom stereocenters. The zero-order valence-electron chi connectivity index (χ0n) is 11.4. The zero-order valence-corrected chi connectivity index (χ0v) is 11.4. The number of likely N-dealkylation sites (N-methyl/N-ethyl adjacent to an activating group) is 1. The van der Waals surface area contributed by atoms with Gasteiger partial charge in [0.15, 0.2) is 0 Å². The van der Waals surface area contributed by atoms with Crippen molar-refractivity contribution < 1.29 is 4.74 Å². The molecule has 1 aromatic rings. The molecule has 0 N–H and O–H groups in total. The summed E-state index contributed by atoms with van der Waals surface area (Å²) in [5.41, 5.74) is 1.13. The van der Waals surface area contributed by atoms with Crippen molar-refractivity contribution in [1.29, 1.82) is 0 Å². The van der Waals surface area contributed by atoms with Gasteiger partial charge in [0.1, 0.15) is 0 Å². The quantitative estimate of drug-likeness (QED) is 0.785. The van der Waals surface area contributed by atoms with Crippen molar-refractivity contribution in [3.8, 4) is 0 Å². The summed E-state index contributed by atoms with van der Waals surface area (Å²) in [6.07, 6.45) is 1.86. The molecule has 1 aliphatic rings. The van der Waals surface area contributed by atoms with Crippen molar-refractivity contribution in [2.45, 2.75) is 19.5 Å². The fourth-order valence-corrected chi connectivity index (χ4v) is 2.42. The summed E-state index contributed by atoms with van der Waals surface area (Å²) in [5.74, 6) is 0. The predicted molar refractivity (Wildman–Crippen MR) is 72.4 cm³/mol. The second kappa shape index (κ2) is 6.83. The van der Waals surface area contributed by atoms with Crippen LogP contribution in [0.25, 0.3) is 0 Å². The molecule has 0 aliphatic carbocycles. The number of hydrogen-bond donors (Lipinski definition) is 0. The highest BCUT2D eigenvalue weighted by atomic mass is 16.5. The Morgan fingerprint density at radius 1 is 1.39 bits per heavy atom. The summed E-state index contributed by atoms with van der Waals surface area (Å²) < 4.78 is 5.39. The molecular formula is C14H23N3O. The van der Waals surface area contributed by atoms with E-state index in [1.54, 1.807) is 0 Å². The molecule has 100 valence electrons. The second-order valence-electron chi connectivity index (χ2n) is 5.02. The predicted octanol–water partition coefficient (Wildman–Crippen LogP) is 1.23. The Bertz CT molecular complexity index is 338. The van der Waals surface area contributed by atoms with E-state index < -0.39 is 0 Å². The topological polar surface area (TPSA) is 28.6 Å². The highest BCUT2D eigenvalue weighted by Crippen LogP contribution is 2.06. The van der Waals surface area contributed by atoms with Gasteiger partial charge in [0, 0.05) is 38.4 Å². The van der Waals surface area contributed by atoms with Crippen molar-refractivity contribution in [2.75, 3.05) is 39.9 Å². The van der Waals surface area contributed by atoms with Crippen LogP contribution in [0.1, 0.15) is 12.6 Å². The Kier molecular flexibility index (Phi) is 5.11. The van der Waals surface area contributed by atoms with Gasteiger partial charge in [0.05, 0.1) is 18.9 Å². The summed E-state index contributed by atoms with van der Waals surface area (Å²) in [6.45, 7) is 8.12. The maximum Gasteiger partial charge on any atom is 0.0594 e. The summed E-state index contributed by atoms with van der Waals surface area (Å²) in [4.78, 5) is 9.20. The molecular weight excluding hydrogens is 226 g/mol. The van der Waals surface area contributed by atoms with Crippen molar-refractivity contribution >= 4 is 0 Å². The summed E-state index contributed by atoms with van der Waals surface area (Å²) >= 11 is 0. The largest absolute Gasteiger partial charge is 0.379 e. The lowest BCUT2D eigenvalue weighted by Crippen LogP contribution is -2.46. The van der Waals surface area contributed by atoms with E-state index >= 15 is 0 Å². The minimum absolute atomic E-state index is 0.572. The van der Waals surface area contributed by atoms with Gasteiger partial charge in [-0.3, -0.25) is 14.8 Å². The third kappa shape index (κ3) is 4.05. The van der Waals surface area contributed by atoms with E-state index in [4.69, 9.17) is 4.74 Å². The molecule has 0 spiro atoms. The first-order valence-electron chi connectivity index (χ1n) is 6.66. The van der Waals surface area contributed by atoms with Crippen molar-refractivity contribution in [3.05, 3.63) is 30.1 Å². The molecule has 0 radical (unpaired) electrons. The second-order valence-corrected chi connectivity index (χ2v) is 5.02. The number of aromatic nitrogens is 1. The summed E-state index contributed by atoms with van der Waals surface area (Å²) in [7, 11) is 2.16. The Labute approximate surface area is 110 Å². The number of pyridine rings is 1. The minimum atomic E-state index is 0.572. The van der Waals surface area contributed by atoms with E-state index in [0.29, 0.717) is 6.04 Å². The van der Waals surface area contributed by atoms with Crippen LogP contribution in [0.2, 0.25) is 0 Å². The van der Waals surface area contributed by atoms with Crippen molar-refractivity contribution in [2.24, 2.45) is 0 Å². The van der Waals surface area contributed by atoms with Gasteiger partial charge in [-0.25, -0.2) is 0 Å². The van der Waals surface area contributed by atoms with Crippen LogP contribution in [0.5, 0.6) is 0 Å². The van der Waals surface area contributed by atoms with Crippen LogP contribution in [0.3, 0.4) is 0 Å². The average molecular weight is 249 g/mol. The third-order valence-electron chi connectivity index (χ3n) is 3.40. The molecule has 0 bridgehead atoms. The molecule has 2 heterocycles. The van der Waals surface area contributed by atoms with Gasteiger partial charge in [0.2, 0.25) is 0 Å². The number of ether oxygens (including phenoxy) is 1. The molecule has 4 heteroatoms. The molecule has 1 saturated heterocycles. The van der Waals surface area contributed by atoms with Crippen molar-refractivity contribution in [3.63, 3.8) is 0 Å². The standard InChI is InChI=1S/C14H23N3O/c1-13(17-7-9-18-10-8-17)11-16(2)12-14-5-3-4-6-15-14/h3-6,13H,7-12H2,1-2H3/t13-/m1/s1. The fourth-order valence-electron chi connectivity index (χ4n) is 2.42. The molecule has 0 saturated carbocycles. The summed E-state index contributed by atoms with van der Waals surface area (Å²) in [6, 6.07) is 6.65. The molecule has 1 aromatic heterocycles. The maximum atomic E-state index is 5.39. The van der Waals surface area contributed by atoms with Gasteiger partial charge < -0.3 is 4.74 Å². The van der Waals surface area contributed by atoms with Gasteiger partial charge >= 0.3 is 0 Å². The van der Waals surface area contributed by atoms with Crippen LogP contribution in [-0.4, -0.2) is 60.7 Å². The molecule has 18 heavy (non-hydrogen) atoms. The number of nitrogens with zero attached hydrogens (tertiary/aromatic N) is 3. The van der Waals surface area contributed by atoms with E-state index in [2.05, 4.69) is 34.8 Å². The average Bonchev–Trinajstić information content (AvgIpc) is 2.40. The van der Waals surface area contributed by atoms with Crippen LogP contribution < -0.4 is 0 Å². The Balaban J connectivity index is 1.77. The number of rotatable bonds is 5. The van der Waals surface area contributed by atoms with Crippen LogP contribution in [-0.2, 0) is 11.3 Å². The van der Waals surface area contributed by atoms with E-state index in [-0.39, 0.29) is 0 Å². The first-order chi connectivity index (χ1) is 8.75. The SMILES string of the molecule is C[C@H](CN(C)Cc1ccccn1)N1CCOCC1. The van der Waals surface area contributed by atoms with Crippen LogP contribution in [0.15, 0.2) is 24.4 Å². The smallest absolute Gasteiger partial charge is 0.0594 e. The molecule has 0 aromatic carbocycles. The lowest BCUT2D eigenvalue weighted by Gasteiger charge is -2.34. The lowest BCUT2D eigenvalue weighted by molar-refractivity contribution is 0.0136. The fraction of sp³-hybridized carbons (Fsp3) is 0.643. The number of morpholine rings is 1. The Morgan fingerprint density at radius 3 is 2.83 bits per heavy atom. The van der Waals surface area contributed by atoms with Gasteiger partial charge in [-0.1, -0.05) is 6.07 Å². The molecule has 0 unspecified atom stereocenters. The van der Waals surface area contributed by atoms with E-state index in [0.717, 1.165) is 45.1 Å². The first-order valence-corrected chi connectivity index (χ1v) is 6.66. The van der Waals surface area contributed by atoms with E-state index in [9.17, 15) is 0 Å². The Hall–Kier alpha value is -0.970. The summed E-state index contributed by atoms with van der Waals surface area (Å²) in [5, 5.41) is 0. The monoisotopic (exact) mass is 249 g/mol. The van der Waals surface area contributed by atoms with Crippen LogP contribution >= 0.6 is 0 Å². The van der Waals surface area contributed by atoms with Gasteiger partial charge in [-0.15, -0.1) is 0 Å². The van der Waals surface area contributed by atoms with Gasteiger partial charge in [-0.05, 0) is 26.1 Å². The highest BCUT2D eigenvalue weighted by Gasteiger charge is 2.18. The maximum absolute atomic E-state index is 5.39. The molecule has 2 rings (SSSR count). The van der Waals surface area contributed by atoms with Crippen LogP contribution in [0, 0.1) is 0 Å². The number of hydrogen-bond acceptors (Lipinski definition) is 4. The third-order valence-corrected chi connectivity index (χ3v) is 3.40. The van der Waals surface area contributed by atoms with Crippen molar-refractivity contribution in [1.82, 2.24) is 14.8 Å². The minimum Gasteiger partial charge on any atom is -0.379 e. The normalized spacial score (nSPS) is 19.1. The highest BCUT2D eigenvalue weighted by molar-refractivity contribution is 5.03. The molecule has 1 fully saturated rings. The zero-order chi connectivity index (χ0) is 12.8.